The highest BCUT2D eigenvalue weighted by atomic mass is 32.1. The molecule has 0 fully saturated rings. The first-order valence-electron chi connectivity index (χ1n) is 49.9. The van der Waals surface area contributed by atoms with E-state index in [1.54, 1.807) is 91.9 Å². The normalized spacial score (nSPS) is 14.3. The first kappa shape index (κ1) is 106. The molecule has 6 aliphatic carbocycles. The molecule has 28 rings (SSSR count). The first-order valence-corrected chi connectivity index (χ1v) is 50.7. The predicted octanol–water partition coefficient (Wildman–Crippen LogP) is 23.6. The zero-order chi connectivity index (χ0) is 106. The summed E-state index contributed by atoms with van der Waals surface area (Å²) in [6, 6.07) is 38.4. The minimum absolute atomic E-state index is 0.496. The summed E-state index contributed by atoms with van der Waals surface area (Å²) in [6.07, 6.45) is 57.6. The lowest BCUT2D eigenvalue weighted by Gasteiger charge is -2.05. The molecule has 0 amide bonds. The molecule has 0 spiro atoms. The van der Waals surface area contributed by atoms with Crippen LogP contribution in [0.5, 0.6) is 0 Å². The fourth-order valence-corrected chi connectivity index (χ4v) is 19.9. The van der Waals surface area contributed by atoms with Crippen LogP contribution in [0.1, 0.15) is 178 Å². The smallest absolute Gasteiger partial charge is 0.147 e. The van der Waals surface area contributed by atoms with Gasteiger partial charge in [-0.05, 0) is 319 Å². The standard InChI is InChI=1S/C9H12N2.C9H10N2.C9H12N2.C9H10N2.C9H12N2.C9H10N2.3C8H9N3.C8H8N2S.4C8H8N2/c2*1-6-4-7-2-3-11-9(10)8(7)5-6;2*1-6-2-3-8-7(6)4-5-11-9(8)10;2*1-6-2-3-7-4-5-11-9(10)8(6)7;1-11-5-3-6-7(11)2-4-10-8(6)9;1-5-4-11-7-6(5)2-3-10-8(7)9;2*1-5-4-6-2-3-10-8(9)7(6)11-5;1-6-4-10-8-2-3-9-5-7(6)8;1-6-4-7-5-9-3-2-8(7)10-6;1-6-4-10-8-5-9-3-2-7(6)8;1-6-4-7-2-3-9-5-8(7)10-6/h2-3,6H,4-5H2,1H3,(H2,10,11);2-3,5H,4H2,1H3,(H2,10,11);4-6H,2-3H2,1H3,(H2,10,11);2-6H,1H3,(H2,10,11);4-6H,2-3H2,1H3,(H2,10,11);2,4-5H,3H2,1H3,(H2,10,11);2-5H,1H3,(H2,9,10);2*2-4,11H,1H3,(H2,9,10);2-4H,1H3,(H2,9,10);4*2-5,10H,1H3. The van der Waals surface area contributed by atoms with Gasteiger partial charge in [0.1, 0.15) is 58.2 Å². The van der Waals surface area contributed by atoms with Gasteiger partial charge >= 0.3 is 0 Å². The van der Waals surface area contributed by atoms with Crippen molar-refractivity contribution < 1.29 is 0 Å². The summed E-state index contributed by atoms with van der Waals surface area (Å²) in [4.78, 5) is 76.4. The van der Waals surface area contributed by atoms with Crippen molar-refractivity contribution >= 4 is 174 Å². The molecule has 0 saturated carbocycles. The first-order chi connectivity index (χ1) is 72.3. The number of H-pyrrole nitrogens is 6. The van der Waals surface area contributed by atoms with Crippen LogP contribution in [0.25, 0.3) is 104 Å². The van der Waals surface area contributed by atoms with Gasteiger partial charge in [-0.1, -0.05) is 57.6 Å². The molecule has 22 aromatic rings. The number of pyridine rings is 14. The number of nitrogens with one attached hydrogen (secondary N) is 6. The third-order valence-electron chi connectivity index (χ3n) is 26.9. The third-order valence-corrected chi connectivity index (χ3v) is 28.0. The molecule has 150 heavy (non-hydrogen) atoms. The van der Waals surface area contributed by atoms with Gasteiger partial charge in [0.2, 0.25) is 0 Å². The maximum atomic E-state index is 5.75. The average Bonchev–Trinajstić information content (AvgIpc) is 1.68. The van der Waals surface area contributed by atoms with E-state index >= 15 is 0 Å². The zero-order valence-electron chi connectivity index (χ0n) is 87.3. The summed E-state index contributed by atoms with van der Waals surface area (Å²) >= 11 is 1.69. The molecule has 26 N–H and O–H groups in total. The maximum Gasteiger partial charge on any atom is 0.147 e. The van der Waals surface area contributed by atoms with E-state index in [-0.39, 0.29) is 0 Å². The van der Waals surface area contributed by atoms with Crippen molar-refractivity contribution in [3.05, 3.63) is 375 Å². The lowest BCUT2D eigenvalue weighted by atomic mass is 10.0. The zero-order valence-corrected chi connectivity index (χ0v) is 88.2. The number of fused-ring (bicyclic) bond motifs is 14. The number of thiophene rings is 1. The highest BCUT2D eigenvalue weighted by molar-refractivity contribution is 7.19. The minimum atomic E-state index is 0.496. The molecule has 0 aromatic carbocycles. The van der Waals surface area contributed by atoms with E-state index in [0.717, 1.165) is 131 Å². The van der Waals surface area contributed by atoms with Crippen molar-refractivity contribution in [1.82, 2.24) is 104 Å². The summed E-state index contributed by atoms with van der Waals surface area (Å²) in [5, 5.41) is 9.37. The lowest BCUT2D eigenvalue weighted by Crippen LogP contribution is -1.98. The number of nitrogen functional groups attached to an aromatic ring is 10. The Kier molecular flexibility index (Phi) is 34.9. The number of hydrogen-bond donors (Lipinski definition) is 16. The summed E-state index contributed by atoms with van der Waals surface area (Å²) in [5.74, 6) is 9.04. The Labute approximate surface area is 876 Å². The molecule has 0 bridgehead atoms. The molecular formula is C118H133N31S. The van der Waals surface area contributed by atoms with Crippen LogP contribution >= 0.6 is 11.3 Å². The number of anilines is 10. The molecule has 0 aliphatic heterocycles. The van der Waals surface area contributed by atoms with Crippen LogP contribution in [-0.2, 0) is 45.6 Å². The molecule has 22 aromatic heterocycles. The number of rotatable bonds is 0. The van der Waals surface area contributed by atoms with E-state index in [1.165, 1.54) is 147 Å². The number of allylic oxidation sites excluding steroid dienone is 4. The summed E-state index contributed by atoms with van der Waals surface area (Å²) in [6.45, 7) is 27.4. The van der Waals surface area contributed by atoms with E-state index in [2.05, 4.69) is 217 Å². The average molecular weight is 2020 g/mol. The van der Waals surface area contributed by atoms with Crippen LogP contribution in [0.3, 0.4) is 0 Å². The number of nitrogens with two attached hydrogens (primary N) is 10. The SMILES string of the molecule is CC1=CCc2ccnc(N)c21.CC1=Cc2c(ccnc2N)C1.CC1C=Cc2c1ccnc2N.CC1CCc2c1ccnc2N.CC1CCc2ccnc(N)c21.CC1Cc2ccnc(N)c2C1.Cc1c[nH]c2c(N)nccc12.Cc1c[nH]c2ccncc12.Cc1c[nH]c2cnccc12.Cc1cc2ccnc(N)c2[nH]1.Cc1cc2ccnc(N)c2s1.Cc1cc2ccncc2[nH]1.Cc1cc2cnccc2[nH]1.Cn1ccc2c(N)nccc21. The summed E-state index contributed by atoms with van der Waals surface area (Å²) in [5.41, 5.74) is 89.5. The molecule has 4 unspecified atom stereocenters. The van der Waals surface area contributed by atoms with E-state index in [4.69, 9.17) is 57.3 Å². The van der Waals surface area contributed by atoms with Crippen molar-refractivity contribution in [1.29, 1.82) is 0 Å². The van der Waals surface area contributed by atoms with Crippen molar-refractivity contribution in [3.8, 4) is 0 Å². The second-order valence-electron chi connectivity index (χ2n) is 38.2. The van der Waals surface area contributed by atoms with E-state index in [9.17, 15) is 0 Å². The highest BCUT2D eigenvalue weighted by Crippen LogP contribution is 2.39. The van der Waals surface area contributed by atoms with Crippen molar-refractivity contribution in [2.24, 2.45) is 13.0 Å². The molecule has 0 radical (unpaired) electrons. The van der Waals surface area contributed by atoms with Gasteiger partial charge in [-0.2, -0.15) is 0 Å². The highest BCUT2D eigenvalue weighted by Gasteiger charge is 2.24. The van der Waals surface area contributed by atoms with Crippen LogP contribution in [0.15, 0.2) is 269 Å². The Morgan fingerprint density at radius 3 is 1.57 bits per heavy atom. The van der Waals surface area contributed by atoms with Gasteiger partial charge in [0.25, 0.3) is 0 Å². The van der Waals surface area contributed by atoms with Crippen LogP contribution in [0.2, 0.25) is 0 Å². The lowest BCUT2D eigenvalue weighted by molar-refractivity contribution is 0.628. The van der Waals surface area contributed by atoms with Crippen LogP contribution in [0.4, 0.5) is 58.2 Å². The number of aromatic amines is 6. The summed E-state index contributed by atoms with van der Waals surface area (Å²) in [7, 11) is 1.99. The van der Waals surface area contributed by atoms with Crippen molar-refractivity contribution in [3.63, 3.8) is 0 Å². The quantitative estimate of drug-likeness (QED) is 0.0670. The Morgan fingerprint density at radius 2 is 0.900 bits per heavy atom. The minimum Gasteiger partial charge on any atom is -0.383 e. The molecule has 31 nitrogen and oxygen atoms in total. The van der Waals surface area contributed by atoms with E-state index < -0.39 is 0 Å². The van der Waals surface area contributed by atoms with Gasteiger partial charge in [-0.3, -0.25) is 19.9 Å². The van der Waals surface area contributed by atoms with Gasteiger partial charge in [-0.15, -0.1) is 11.3 Å². The van der Waals surface area contributed by atoms with Crippen LogP contribution in [0, 0.1) is 54.4 Å². The maximum absolute atomic E-state index is 5.75. The topological polar surface area (TPSA) is 540 Å². The van der Waals surface area contributed by atoms with E-state index in [0.29, 0.717) is 58.5 Å². The Morgan fingerprint density at radius 1 is 0.373 bits per heavy atom. The fraction of sp³-hybridized carbons (Fsp3) is 0.220. The predicted molar refractivity (Wildman–Crippen MR) is 622 cm³/mol. The number of aryl methyl sites for hydroxylation is 9. The van der Waals surface area contributed by atoms with Gasteiger partial charge in [0.15, 0.2) is 0 Å². The van der Waals surface area contributed by atoms with Crippen molar-refractivity contribution in [2.45, 2.75) is 159 Å². The molecule has 0 saturated heterocycles. The number of nitrogens with zero attached hydrogens (tertiary/aromatic N) is 15. The second kappa shape index (κ2) is 49.3. The largest absolute Gasteiger partial charge is 0.383 e. The van der Waals surface area contributed by atoms with E-state index in [1.807, 2.05) is 180 Å². The second-order valence-corrected chi connectivity index (χ2v) is 39.5. The Hall–Kier alpha value is -17.9. The molecule has 4 atom stereocenters. The molecule has 766 valence electrons. The number of aromatic nitrogens is 21. The third kappa shape index (κ3) is 26.5. The molecule has 6 aliphatic rings. The molecular weight excluding hydrogens is 1880 g/mol. The molecule has 32 heteroatoms. The van der Waals surface area contributed by atoms with Gasteiger partial charge < -0.3 is 91.8 Å². The van der Waals surface area contributed by atoms with Gasteiger partial charge in [-0.25, -0.2) is 49.8 Å². The summed E-state index contributed by atoms with van der Waals surface area (Å²) < 4.78 is 3.12. The van der Waals surface area contributed by atoms with Crippen LogP contribution < -0.4 is 57.3 Å². The fourth-order valence-electron chi connectivity index (χ4n) is 19.0. The van der Waals surface area contributed by atoms with Gasteiger partial charge in [0, 0.05) is 230 Å². The Bertz CT molecular complexity index is 8070. The Balaban J connectivity index is 0.000000121. The van der Waals surface area contributed by atoms with Crippen LogP contribution in [-0.4, -0.2) is 104 Å². The monoisotopic (exact) mass is 2020 g/mol. The van der Waals surface area contributed by atoms with Crippen molar-refractivity contribution in [2.75, 3.05) is 57.3 Å². The van der Waals surface area contributed by atoms with Gasteiger partial charge in [0.05, 0.1) is 44.7 Å². The molecule has 22 heterocycles. The number of hydrogen-bond acceptors (Lipinski definition) is 25.